The number of benzene rings is 3. The number of aliphatic carboxylic acids is 1. The number of aliphatic hydroxyl groups is 2. The van der Waals surface area contributed by atoms with Gasteiger partial charge in [0, 0.05) is 61.3 Å². The number of fused-ring (bicyclic) bond motifs is 1. The molecule has 0 fully saturated rings. The molecule has 298 valence electrons. The number of aromatic nitrogens is 3. The highest BCUT2D eigenvalue weighted by atomic mass is 35.5. The number of nitriles is 1. The van der Waals surface area contributed by atoms with Gasteiger partial charge in [-0.15, -0.1) is 0 Å². The van der Waals surface area contributed by atoms with Crippen molar-refractivity contribution in [2.45, 2.75) is 59.8 Å². The topological polar surface area (TPSA) is 171 Å². The minimum atomic E-state index is -1.35. The number of halogens is 1. The molecule has 1 atom stereocenters. The Morgan fingerprint density at radius 1 is 0.879 bits per heavy atom. The van der Waals surface area contributed by atoms with Gasteiger partial charge in [0.25, 0.3) is 0 Å². The van der Waals surface area contributed by atoms with Gasteiger partial charge in [0.05, 0.1) is 40.4 Å². The summed E-state index contributed by atoms with van der Waals surface area (Å²) in [5.74, 6) is -0.267. The van der Waals surface area contributed by atoms with Crippen LogP contribution < -0.4 is 14.8 Å². The van der Waals surface area contributed by atoms with E-state index >= 15 is 0 Å². The third kappa shape index (κ3) is 9.79. The molecule has 6 rings (SSSR count). The van der Waals surface area contributed by atoms with Gasteiger partial charge >= 0.3 is 5.97 Å². The number of pyridine rings is 3. The summed E-state index contributed by atoms with van der Waals surface area (Å²) in [5.41, 5.74) is 9.68. The van der Waals surface area contributed by atoms with Gasteiger partial charge in [0.15, 0.2) is 0 Å². The van der Waals surface area contributed by atoms with Crippen molar-refractivity contribution in [3.8, 4) is 28.7 Å². The number of aryl methyl sites for hydroxylation is 1. The largest absolute Gasteiger partial charge is 0.488 e. The standard InChI is InChI=1S/C46H46ClN5O6/c1-29-34(19-41-44-36(11-13-51-41)17-32(25-52-44)23-49-14-15-53)6-4-8-38(29)39-9-5-7-37(30(39)2)27-58-43-20-42(57-26-33-16-31(21-48)22-50-24-33)35(18-40(43)47)10-12-46(3,28-54)45(55)56/h4-9,11,13,16-18,20,22,24-25,49,53-54H,10,12,14-15,19,23,26-28H2,1-3H3,(H,55,56)/t46-/m0/s1. The molecule has 0 bridgehead atoms. The average molecular weight is 800 g/mol. The fourth-order valence-electron chi connectivity index (χ4n) is 6.81. The molecule has 58 heavy (non-hydrogen) atoms. The number of rotatable bonds is 18. The van der Waals surface area contributed by atoms with E-state index in [2.05, 4.69) is 60.5 Å². The maximum Gasteiger partial charge on any atom is 0.311 e. The van der Waals surface area contributed by atoms with Crippen LogP contribution in [0.15, 0.2) is 91.5 Å². The van der Waals surface area contributed by atoms with Crippen LogP contribution in [0.1, 0.15) is 63.5 Å². The van der Waals surface area contributed by atoms with E-state index in [1.807, 2.05) is 30.6 Å². The first kappa shape index (κ1) is 41.7. The summed E-state index contributed by atoms with van der Waals surface area (Å²) >= 11 is 6.80. The molecule has 11 nitrogen and oxygen atoms in total. The summed E-state index contributed by atoms with van der Waals surface area (Å²) in [6.45, 7) is 6.74. The Labute approximate surface area is 342 Å². The van der Waals surface area contributed by atoms with E-state index in [0.717, 1.165) is 55.5 Å². The molecule has 0 unspecified atom stereocenters. The second-order valence-electron chi connectivity index (χ2n) is 14.6. The summed E-state index contributed by atoms with van der Waals surface area (Å²) in [5, 5.41) is 42.6. The van der Waals surface area contributed by atoms with Crippen molar-refractivity contribution in [2.24, 2.45) is 5.41 Å². The van der Waals surface area contributed by atoms with Crippen LogP contribution in [0.3, 0.4) is 0 Å². The molecular weight excluding hydrogens is 754 g/mol. The molecule has 0 spiro atoms. The van der Waals surface area contributed by atoms with Crippen LogP contribution in [0.4, 0.5) is 0 Å². The number of hydrogen-bond acceptors (Lipinski definition) is 10. The first-order valence-corrected chi connectivity index (χ1v) is 19.4. The molecule has 3 aromatic carbocycles. The zero-order valence-electron chi connectivity index (χ0n) is 32.8. The minimum Gasteiger partial charge on any atom is -0.488 e. The fourth-order valence-corrected chi connectivity index (χ4v) is 7.05. The number of nitrogens with one attached hydrogen (secondary N) is 1. The minimum absolute atomic E-state index is 0.0834. The van der Waals surface area contributed by atoms with Crippen molar-refractivity contribution < 1.29 is 29.6 Å². The first-order chi connectivity index (χ1) is 28.0. The zero-order valence-corrected chi connectivity index (χ0v) is 33.5. The fraction of sp³-hybridized carbons (Fsp3) is 0.283. The van der Waals surface area contributed by atoms with Gasteiger partial charge in [-0.05, 0) is 102 Å². The maximum absolute atomic E-state index is 11.9. The van der Waals surface area contributed by atoms with Gasteiger partial charge in [-0.2, -0.15) is 5.26 Å². The van der Waals surface area contributed by atoms with Gasteiger partial charge < -0.3 is 30.1 Å². The van der Waals surface area contributed by atoms with Gasteiger partial charge in [-0.1, -0.05) is 48.0 Å². The van der Waals surface area contributed by atoms with Crippen molar-refractivity contribution in [2.75, 3.05) is 19.8 Å². The Bertz CT molecular complexity index is 2470. The molecule has 0 saturated carbocycles. The Balaban J connectivity index is 1.23. The third-order valence-electron chi connectivity index (χ3n) is 10.5. The second-order valence-corrected chi connectivity index (χ2v) is 15.0. The lowest BCUT2D eigenvalue weighted by Gasteiger charge is -2.23. The van der Waals surface area contributed by atoms with E-state index < -0.39 is 18.0 Å². The first-order valence-electron chi connectivity index (χ1n) is 19.0. The second kappa shape index (κ2) is 19.0. The van der Waals surface area contributed by atoms with Crippen LogP contribution in [0.2, 0.25) is 5.02 Å². The molecule has 6 aromatic rings. The summed E-state index contributed by atoms with van der Waals surface area (Å²) in [7, 11) is 0. The molecule has 0 aliphatic heterocycles. The Kier molecular flexibility index (Phi) is 13.7. The highest BCUT2D eigenvalue weighted by Crippen LogP contribution is 2.37. The Hall–Kier alpha value is -5.90. The molecule has 0 amide bonds. The predicted molar refractivity (Wildman–Crippen MR) is 223 cm³/mol. The lowest BCUT2D eigenvalue weighted by atomic mass is 9.85. The maximum atomic E-state index is 11.9. The lowest BCUT2D eigenvalue weighted by molar-refractivity contribution is -0.150. The highest BCUT2D eigenvalue weighted by Gasteiger charge is 2.32. The number of carboxylic acid groups (broad SMARTS) is 1. The van der Waals surface area contributed by atoms with E-state index in [4.69, 9.17) is 36.1 Å². The lowest BCUT2D eigenvalue weighted by Crippen LogP contribution is -2.32. The van der Waals surface area contributed by atoms with Crippen molar-refractivity contribution in [1.29, 1.82) is 5.26 Å². The molecule has 0 aliphatic rings. The normalized spacial score (nSPS) is 12.2. The number of hydrogen-bond donors (Lipinski definition) is 4. The van der Waals surface area contributed by atoms with Gasteiger partial charge in [-0.25, -0.2) is 0 Å². The van der Waals surface area contributed by atoms with Crippen LogP contribution in [0, 0.1) is 30.6 Å². The number of carbonyl (C=O) groups is 1. The number of nitrogens with zero attached hydrogens (tertiary/aromatic N) is 4. The monoisotopic (exact) mass is 799 g/mol. The van der Waals surface area contributed by atoms with Crippen LogP contribution in [-0.4, -0.2) is 56.0 Å². The van der Waals surface area contributed by atoms with Crippen LogP contribution in [-0.2, 0) is 37.4 Å². The van der Waals surface area contributed by atoms with Gasteiger partial charge in [-0.3, -0.25) is 19.7 Å². The molecule has 0 radical (unpaired) electrons. The van der Waals surface area contributed by atoms with Crippen LogP contribution in [0.25, 0.3) is 22.0 Å². The van der Waals surface area contributed by atoms with E-state index in [0.29, 0.717) is 52.7 Å². The third-order valence-corrected chi connectivity index (χ3v) is 10.8. The molecule has 3 heterocycles. The molecule has 4 N–H and O–H groups in total. The summed E-state index contributed by atoms with van der Waals surface area (Å²) in [6.07, 6.45) is 7.79. The summed E-state index contributed by atoms with van der Waals surface area (Å²) < 4.78 is 12.6. The smallest absolute Gasteiger partial charge is 0.311 e. The molecule has 0 aliphatic carbocycles. The molecular formula is C46H46ClN5O6. The Morgan fingerprint density at radius 3 is 2.34 bits per heavy atom. The predicted octanol–water partition coefficient (Wildman–Crippen LogP) is 7.68. The van der Waals surface area contributed by atoms with E-state index in [1.54, 1.807) is 24.4 Å². The van der Waals surface area contributed by atoms with Crippen LogP contribution >= 0.6 is 11.6 Å². The van der Waals surface area contributed by atoms with E-state index in [-0.39, 0.29) is 32.7 Å². The Morgan fingerprint density at radius 2 is 1.62 bits per heavy atom. The summed E-state index contributed by atoms with van der Waals surface area (Å²) in [6, 6.07) is 23.7. The number of aliphatic hydroxyl groups excluding tert-OH is 2. The van der Waals surface area contributed by atoms with Crippen LogP contribution in [0.5, 0.6) is 11.5 Å². The SMILES string of the molecule is Cc1c(COc2cc(OCc3cncc(C#N)c3)c(CC[C@@](C)(CO)C(=O)O)cc2Cl)cccc1-c1cccc(Cc2nccc3cc(CNCCO)cnc23)c1C. The molecule has 0 saturated heterocycles. The zero-order chi connectivity index (χ0) is 41.2. The average Bonchev–Trinajstić information content (AvgIpc) is 3.23. The highest BCUT2D eigenvalue weighted by molar-refractivity contribution is 6.32. The molecule has 3 aromatic heterocycles. The van der Waals surface area contributed by atoms with Crippen molar-refractivity contribution in [3.63, 3.8) is 0 Å². The van der Waals surface area contributed by atoms with Crippen molar-refractivity contribution in [1.82, 2.24) is 20.3 Å². The van der Waals surface area contributed by atoms with E-state index in [1.165, 1.54) is 13.1 Å². The van der Waals surface area contributed by atoms with Crippen molar-refractivity contribution >= 4 is 28.5 Å². The summed E-state index contributed by atoms with van der Waals surface area (Å²) in [4.78, 5) is 25.5. The van der Waals surface area contributed by atoms with Gasteiger partial charge in [0.2, 0.25) is 0 Å². The number of carboxylic acids is 1. The van der Waals surface area contributed by atoms with E-state index in [9.17, 15) is 20.3 Å². The quantitative estimate of drug-likeness (QED) is 0.0629. The van der Waals surface area contributed by atoms with Crippen molar-refractivity contribution in [3.05, 3.63) is 147 Å². The molecule has 12 heteroatoms. The van der Waals surface area contributed by atoms with Gasteiger partial charge in [0.1, 0.15) is 30.8 Å². The number of ether oxygens (including phenoxy) is 2.